The molecule has 0 saturated carbocycles. The number of alkyl halides is 3. The summed E-state index contributed by atoms with van der Waals surface area (Å²) >= 11 is 0. The molecule has 37 heavy (non-hydrogen) atoms. The summed E-state index contributed by atoms with van der Waals surface area (Å²) in [5.41, 5.74) is 0.950. The van der Waals surface area contributed by atoms with E-state index < -0.39 is 17.8 Å². The topological polar surface area (TPSA) is 61.8 Å². The van der Waals surface area contributed by atoms with Crippen LogP contribution in [0.25, 0.3) is 0 Å². The molecule has 192 valence electrons. The zero-order valence-electron chi connectivity index (χ0n) is 20.1. The molecule has 2 aliphatic rings. The Morgan fingerprint density at radius 3 is 2.41 bits per heavy atom. The van der Waals surface area contributed by atoms with Crippen LogP contribution < -0.4 is 9.80 Å². The Balaban J connectivity index is 1.61. The van der Waals surface area contributed by atoms with Crippen LogP contribution in [-0.4, -0.2) is 59.7 Å². The number of amides is 1. The molecule has 3 aromatic rings. The lowest BCUT2D eigenvalue weighted by Gasteiger charge is -2.32. The molecule has 0 aliphatic carbocycles. The van der Waals surface area contributed by atoms with Crippen LogP contribution in [0.3, 0.4) is 0 Å². The van der Waals surface area contributed by atoms with Crippen LogP contribution in [0.4, 0.5) is 30.6 Å². The van der Waals surface area contributed by atoms with Gasteiger partial charge in [0, 0.05) is 38.1 Å². The Morgan fingerprint density at radius 2 is 1.76 bits per heavy atom. The van der Waals surface area contributed by atoms with E-state index in [2.05, 4.69) is 11.6 Å². The molecule has 1 aromatic heterocycles. The van der Waals surface area contributed by atoms with Crippen molar-refractivity contribution in [3.63, 3.8) is 0 Å². The van der Waals surface area contributed by atoms with Gasteiger partial charge in [0.2, 0.25) is 5.95 Å². The maximum Gasteiger partial charge on any atom is 0.416 e. The Labute approximate surface area is 212 Å². The molecule has 0 bridgehead atoms. The number of anilines is 3. The van der Waals surface area contributed by atoms with Crippen LogP contribution in [0.1, 0.15) is 21.5 Å². The Morgan fingerprint density at radius 1 is 1.05 bits per heavy atom. The lowest BCUT2D eigenvalue weighted by atomic mass is 10.1. The Hall–Kier alpha value is -3.92. The molecule has 0 radical (unpaired) electrons. The highest BCUT2D eigenvalue weighted by molar-refractivity contribution is 6.00. The molecule has 0 unspecified atom stereocenters. The molecular weight excluding hydrogens is 483 g/mol. The van der Waals surface area contributed by atoms with Gasteiger partial charge in [0.05, 0.1) is 24.8 Å². The highest BCUT2D eigenvalue weighted by atomic mass is 19.4. The van der Waals surface area contributed by atoms with Gasteiger partial charge >= 0.3 is 6.18 Å². The molecule has 7 nitrogen and oxygen atoms in total. The van der Waals surface area contributed by atoms with Gasteiger partial charge in [-0.25, -0.2) is 4.98 Å². The fourth-order valence-corrected chi connectivity index (χ4v) is 4.58. The number of hydrogen-bond acceptors (Lipinski definition) is 6. The van der Waals surface area contributed by atoms with Crippen LogP contribution in [0.2, 0.25) is 0 Å². The SMILES string of the molecule is C=C[C@H]1CN(Cc2ccccc2)C(=O)c2cnc(N3CCOCC3)nc2N1c1ccc(C(F)(F)F)cc1. The van der Waals surface area contributed by atoms with E-state index >= 15 is 0 Å². The minimum Gasteiger partial charge on any atom is -0.378 e. The van der Waals surface area contributed by atoms with E-state index in [1.165, 1.54) is 18.3 Å². The third-order valence-electron chi connectivity index (χ3n) is 6.50. The minimum absolute atomic E-state index is 0.256. The Kier molecular flexibility index (Phi) is 6.84. The largest absolute Gasteiger partial charge is 0.416 e. The molecule has 0 spiro atoms. The van der Waals surface area contributed by atoms with Crippen molar-refractivity contribution in [2.24, 2.45) is 0 Å². The molecule has 1 fully saturated rings. The van der Waals surface area contributed by atoms with Crippen LogP contribution in [0, 0.1) is 0 Å². The zero-order valence-corrected chi connectivity index (χ0v) is 20.1. The van der Waals surface area contributed by atoms with Crippen molar-refractivity contribution >= 4 is 23.4 Å². The third-order valence-corrected chi connectivity index (χ3v) is 6.50. The number of aromatic nitrogens is 2. The average Bonchev–Trinajstić information content (AvgIpc) is 3.03. The van der Waals surface area contributed by atoms with Crippen molar-refractivity contribution in [2.45, 2.75) is 18.8 Å². The van der Waals surface area contributed by atoms with E-state index in [-0.39, 0.29) is 18.0 Å². The van der Waals surface area contributed by atoms with Crippen molar-refractivity contribution in [1.29, 1.82) is 0 Å². The first-order valence-electron chi connectivity index (χ1n) is 12.0. The van der Waals surface area contributed by atoms with Crippen molar-refractivity contribution < 1.29 is 22.7 Å². The summed E-state index contributed by atoms with van der Waals surface area (Å²) in [4.78, 5) is 28.5. The van der Waals surface area contributed by atoms with Crippen molar-refractivity contribution in [1.82, 2.24) is 14.9 Å². The number of hydrogen-bond donors (Lipinski definition) is 0. The molecule has 1 amide bonds. The van der Waals surface area contributed by atoms with Gasteiger partial charge in [-0.3, -0.25) is 4.79 Å². The van der Waals surface area contributed by atoms with Gasteiger partial charge in [-0.15, -0.1) is 6.58 Å². The van der Waals surface area contributed by atoms with E-state index in [9.17, 15) is 18.0 Å². The number of carbonyl (C=O) groups excluding carboxylic acids is 1. The first kappa shape index (κ1) is 24.8. The minimum atomic E-state index is -4.46. The van der Waals surface area contributed by atoms with Gasteiger partial charge in [-0.05, 0) is 29.8 Å². The maximum atomic E-state index is 13.8. The van der Waals surface area contributed by atoms with Crippen LogP contribution in [0.5, 0.6) is 0 Å². The Bertz CT molecular complexity index is 1260. The maximum absolute atomic E-state index is 13.8. The average molecular weight is 510 g/mol. The van der Waals surface area contributed by atoms with Crippen molar-refractivity contribution in [3.8, 4) is 0 Å². The summed E-state index contributed by atoms with van der Waals surface area (Å²) in [5, 5.41) is 0. The molecule has 10 heteroatoms. The molecule has 2 aliphatic heterocycles. The summed E-state index contributed by atoms with van der Waals surface area (Å²) in [5.74, 6) is 0.515. The van der Waals surface area contributed by atoms with Gasteiger partial charge in [-0.2, -0.15) is 18.2 Å². The molecular formula is C27H26F3N5O2. The number of rotatable bonds is 5. The number of ether oxygens (including phenoxy) is 1. The second-order valence-electron chi connectivity index (χ2n) is 8.90. The molecule has 5 rings (SSSR count). The summed E-state index contributed by atoms with van der Waals surface area (Å²) in [6.45, 7) is 6.85. The van der Waals surface area contributed by atoms with Crippen LogP contribution in [-0.2, 0) is 17.5 Å². The lowest BCUT2D eigenvalue weighted by Crippen LogP contribution is -2.40. The summed E-state index contributed by atoms with van der Waals surface area (Å²) in [6.07, 6.45) is -1.26. The fraction of sp³-hybridized carbons (Fsp3) is 0.296. The smallest absolute Gasteiger partial charge is 0.378 e. The normalized spacial score (nSPS) is 18.4. The predicted octanol–water partition coefficient (Wildman–Crippen LogP) is 4.68. The molecule has 0 N–H and O–H groups in total. The molecule has 2 aromatic carbocycles. The summed E-state index contributed by atoms with van der Waals surface area (Å²) in [7, 11) is 0. The standard InChI is InChI=1S/C27H26F3N5O2/c1-2-21-18-34(17-19-6-4-3-5-7-19)25(36)23-16-31-26(33-12-14-37-15-13-33)32-24(23)35(21)22-10-8-20(9-11-22)27(28,29)30/h2-11,16,21H,1,12-15,17-18H2/t21-/m0/s1. The second-order valence-corrected chi connectivity index (χ2v) is 8.90. The number of morpholine rings is 1. The fourth-order valence-electron chi connectivity index (χ4n) is 4.58. The first-order chi connectivity index (χ1) is 17.8. The van der Waals surface area contributed by atoms with E-state index in [0.717, 1.165) is 17.7 Å². The summed E-state index contributed by atoms with van der Waals surface area (Å²) < 4.78 is 45.2. The number of benzene rings is 2. The van der Waals surface area contributed by atoms with Gasteiger partial charge in [-0.1, -0.05) is 36.4 Å². The van der Waals surface area contributed by atoms with Crippen molar-refractivity contribution in [2.75, 3.05) is 42.6 Å². The highest BCUT2D eigenvalue weighted by Crippen LogP contribution is 2.37. The molecule has 1 atom stereocenters. The van der Waals surface area contributed by atoms with Crippen LogP contribution in [0.15, 0.2) is 73.4 Å². The predicted molar refractivity (Wildman–Crippen MR) is 134 cm³/mol. The van der Waals surface area contributed by atoms with Gasteiger partial charge in [0.15, 0.2) is 5.82 Å². The van der Waals surface area contributed by atoms with Gasteiger partial charge in [0.25, 0.3) is 5.91 Å². The van der Waals surface area contributed by atoms with Crippen molar-refractivity contribution in [3.05, 3.63) is 90.1 Å². The zero-order chi connectivity index (χ0) is 26.0. The van der Waals surface area contributed by atoms with E-state index in [4.69, 9.17) is 9.72 Å². The molecule has 3 heterocycles. The molecule has 1 saturated heterocycles. The summed E-state index contributed by atoms with van der Waals surface area (Å²) in [6, 6.07) is 14.0. The highest BCUT2D eigenvalue weighted by Gasteiger charge is 2.36. The lowest BCUT2D eigenvalue weighted by molar-refractivity contribution is -0.137. The van der Waals surface area contributed by atoms with E-state index in [1.807, 2.05) is 35.2 Å². The number of nitrogens with zero attached hydrogens (tertiary/aromatic N) is 5. The van der Waals surface area contributed by atoms with Gasteiger partial charge < -0.3 is 19.4 Å². The number of halogens is 3. The van der Waals surface area contributed by atoms with E-state index in [0.29, 0.717) is 50.3 Å². The monoisotopic (exact) mass is 509 g/mol. The van der Waals surface area contributed by atoms with E-state index in [1.54, 1.807) is 15.9 Å². The first-order valence-corrected chi connectivity index (χ1v) is 12.0. The quantitative estimate of drug-likeness (QED) is 0.466. The second kappa shape index (κ2) is 10.2. The third kappa shape index (κ3) is 5.15. The van der Waals surface area contributed by atoms with Crippen LogP contribution >= 0.6 is 0 Å². The number of fused-ring (bicyclic) bond motifs is 1. The number of carbonyl (C=O) groups is 1. The van der Waals surface area contributed by atoms with Gasteiger partial charge in [0.1, 0.15) is 5.56 Å².